The molecule has 0 aliphatic rings. The summed E-state index contributed by atoms with van der Waals surface area (Å²) in [6.07, 6.45) is 0. The van der Waals surface area contributed by atoms with Gasteiger partial charge in [0, 0.05) is 51.2 Å². The molecule has 8 rings (SSSR count). The van der Waals surface area contributed by atoms with Crippen molar-refractivity contribution in [2.24, 2.45) is 0 Å². The van der Waals surface area contributed by atoms with Crippen LogP contribution >= 0.6 is 0 Å². The summed E-state index contributed by atoms with van der Waals surface area (Å²) in [7, 11) is 0. The van der Waals surface area contributed by atoms with E-state index in [0.717, 1.165) is 62.3 Å². The number of para-hydroxylation sites is 4. The Balaban J connectivity index is 1.20. The predicted octanol–water partition coefficient (Wildman–Crippen LogP) is 13.6. The van der Waals surface area contributed by atoms with E-state index in [1.165, 1.54) is 0 Å². The fourth-order valence-electron chi connectivity index (χ4n) is 6.77. The highest BCUT2D eigenvalue weighted by atomic mass is 15.2. The van der Waals surface area contributed by atoms with Crippen LogP contribution in [-0.4, -0.2) is 0 Å². The maximum atomic E-state index is 9.77. The summed E-state index contributed by atoms with van der Waals surface area (Å²) in [6.45, 7) is 0. The number of nitrogens with zero attached hydrogens (tertiary/aromatic N) is 4. The third-order valence-corrected chi connectivity index (χ3v) is 9.27. The molecule has 0 aliphatic carbocycles. The molecular formula is C49H36N4. The van der Waals surface area contributed by atoms with E-state index in [4.69, 9.17) is 0 Å². The first-order chi connectivity index (χ1) is 26.3. The largest absolute Gasteiger partial charge is 0.311 e. The lowest BCUT2D eigenvalue weighted by Gasteiger charge is -2.29. The van der Waals surface area contributed by atoms with Crippen LogP contribution in [0.3, 0.4) is 0 Å². The first-order valence-corrected chi connectivity index (χ1v) is 17.7. The van der Waals surface area contributed by atoms with E-state index in [9.17, 15) is 5.26 Å². The maximum absolute atomic E-state index is 9.77. The smallest absolute Gasteiger partial charge is 0.0998 e. The Morgan fingerprint density at radius 3 is 0.811 bits per heavy atom. The molecule has 4 heteroatoms. The SMILES string of the molecule is N#Cc1ccccc1-c1ccc(N(c2ccc(N(c3ccccc3)c3ccccc3)cc2)c2ccc(N(c3ccccc3)c3ccccc3)cc2)cc1. The maximum Gasteiger partial charge on any atom is 0.0998 e. The van der Waals surface area contributed by atoms with Gasteiger partial charge in [-0.05, 0) is 126 Å². The summed E-state index contributed by atoms with van der Waals surface area (Å²) in [5.41, 5.74) is 12.1. The van der Waals surface area contributed by atoms with Gasteiger partial charge in [-0.1, -0.05) is 103 Å². The fourth-order valence-corrected chi connectivity index (χ4v) is 6.77. The van der Waals surface area contributed by atoms with Crippen molar-refractivity contribution in [1.29, 1.82) is 5.26 Å². The van der Waals surface area contributed by atoms with Crippen molar-refractivity contribution in [3.8, 4) is 17.2 Å². The molecule has 53 heavy (non-hydrogen) atoms. The summed E-state index contributed by atoms with van der Waals surface area (Å²) in [5, 5.41) is 9.77. The van der Waals surface area contributed by atoms with Crippen molar-refractivity contribution in [2.75, 3.05) is 14.7 Å². The van der Waals surface area contributed by atoms with Crippen molar-refractivity contribution in [3.63, 3.8) is 0 Å². The zero-order valence-electron chi connectivity index (χ0n) is 29.1. The molecule has 0 saturated carbocycles. The molecule has 0 saturated heterocycles. The Morgan fingerprint density at radius 2 is 0.509 bits per heavy atom. The number of anilines is 9. The number of hydrogen-bond acceptors (Lipinski definition) is 4. The van der Waals surface area contributed by atoms with Crippen LogP contribution in [-0.2, 0) is 0 Å². The quantitative estimate of drug-likeness (QED) is 0.144. The van der Waals surface area contributed by atoms with Crippen molar-refractivity contribution in [1.82, 2.24) is 0 Å². The topological polar surface area (TPSA) is 33.5 Å². The van der Waals surface area contributed by atoms with Crippen LogP contribution in [0, 0.1) is 11.3 Å². The van der Waals surface area contributed by atoms with Gasteiger partial charge in [0.15, 0.2) is 0 Å². The highest BCUT2D eigenvalue weighted by molar-refractivity contribution is 5.84. The monoisotopic (exact) mass is 680 g/mol. The molecule has 8 aromatic rings. The van der Waals surface area contributed by atoms with Crippen LogP contribution in [0.15, 0.2) is 218 Å². The van der Waals surface area contributed by atoms with Crippen LogP contribution in [0.25, 0.3) is 11.1 Å². The van der Waals surface area contributed by atoms with Crippen molar-refractivity contribution >= 4 is 51.2 Å². The van der Waals surface area contributed by atoms with Crippen LogP contribution in [0.2, 0.25) is 0 Å². The van der Waals surface area contributed by atoms with E-state index >= 15 is 0 Å². The third kappa shape index (κ3) is 7.01. The average Bonchev–Trinajstić information content (AvgIpc) is 3.24. The molecule has 0 N–H and O–H groups in total. The van der Waals surface area contributed by atoms with Gasteiger partial charge in [-0.2, -0.15) is 5.26 Å². The molecule has 0 radical (unpaired) electrons. The Labute approximate surface area is 311 Å². The summed E-state index contributed by atoms with van der Waals surface area (Å²) < 4.78 is 0. The predicted molar refractivity (Wildman–Crippen MR) is 221 cm³/mol. The van der Waals surface area contributed by atoms with Gasteiger partial charge in [-0.25, -0.2) is 0 Å². The number of nitriles is 1. The normalized spacial score (nSPS) is 10.6. The number of hydrogen-bond donors (Lipinski definition) is 0. The molecule has 0 amide bonds. The zero-order chi connectivity index (χ0) is 35.8. The molecule has 0 heterocycles. The van der Waals surface area contributed by atoms with Gasteiger partial charge in [-0.15, -0.1) is 0 Å². The van der Waals surface area contributed by atoms with Crippen molar-refractivity contribution in [2.45, 2.75) is 0 Å². The van der Waals surface area contributed by atoms with Crippen molar-refractivity contribution < 1.29 is 0 Å². The van der Waals surface area contributed by atoms with Crippen LogP contribution in [0.5, 0.6) is 0 Å². The molecule has 0 aliphatic heterocycles. The lowest BCUT2D eigenvalue weighted by molar-refractivity contribution is 1.24. The second-order valence-corrected chi connectivity index (χ2v) is 12.6. The second-order valence-electron chi connectivity index (χ2n) is 12.6. The van der Waals surface area contributed by atoms with E-state index in [0.29, 0.717) is 5.56 Å². The molecule has 4 nitrogen and oxygen atoms in total. The molecule has 0 bridgehead atoms. The zero-order valence-corrected chi connectivity index (χ0v) is 29.1. The minimum absolute atomic E-state index is 0.658. The molecule has 0 spiro atoms. The lowest BCUT2D eigenvalue weighted by Crippen LogP contribution is -2.13. The number of benzene rings is 8. The van der Waals surface area contributed by atoms with Gasteiger partial charge in [0.25, 0.3) is 0 Å². The molecule has 0 atom stereocenters. The van der Waals surface area contributed by atoms with Crippen molar-refractivity contribution in [3.05, 3.63) is 224 Å². The van der Waals surface area contributed by atoms with Crippen LogP contribution in [0.1, 0.15) is 5.56 Å². The van der Waals surface area contributed by atoms with E-state index in [1.807, 2.05) is 48.5 Å². The van der Waals surface area contributed by atoms with E-state index in [1.54, 1.807) is 0 Å². The standard InChI is InChI=1S/C49H36N4/c50-37-39-15-13-14-24-49(39)38-25-27-44(28-26-38)53(47-33-29-45(30-34-47)51(40-16-5-1-6-17-40)41-18-7-2-8-19-41)48-35-31-46(32-36-48)52(42-20-9-3-10-21-42)43-22-11-4-12-23-43/h1-36H. The third-order valence-electron chi connectivity index (χ3n) is 9.27. The molecule has 8 aromatic carbocycles. The van der Waals surface area contributed by atoms with Gasteiger partial charge in [0.2, 0.25) is 0 Å². The van der Waals surface area contributed by atoms with Gasteiger partial charge in [0.1, 0.15) is 0 Å². The lowest BCUT2D eigenvalue weighted by atomic mass is 10.00. The van der Waals surface area contributed by atoms with Gasteiger partial charge < -0.3 is 14.7 Å². The minimum atomic E-state index is 0.658. The van der Waals surface area contributed by atoms with Gasteiger partial charge in [-0.3, -0.25) is 0 Å². The summed E-state index contributed by atoms with van der Waals surface area (Å²) in [5.74, 6) is 0. The first kappa shape index (κ1) is 32.8. The summed E-state index contributed by atoms with van der Waals surface area (Å²) in [4.78, 5) is 6.82. The highest BCUT2D eigenvalue weighted by Gasteiger charge is 2.18. The van der Waals surface area contributed by atoms with E-state index < -0.39 is 0 Å². The summed E-state index contributed by atoms with van der Waals surface area (Å²) in [6, 6.07) is 77.8. The molecule has 0 fully saturated rings. The van der Waals surface area contributed by atoms with E-state index in [2.05, 4.69) is 191 Å². The van der Waals surface area contributed by atoms with Crippen LogP contribution in [0.4, 0.5) is 51.2 Å². The Kier molecular flexibility index (Phi) is 9.46. The Hall–Kier alpha value is -7.35. The molecule has 0 aromatic heterocycles. The van der Waals surface area contributed by atoms with Gasteiger partial charge >= 0.3 is 0 Å². The molecule has 0 unspecified atom stereocenters. The average molecular weight is 681 g/mol. The minimum Gasteiger partial charge on any atom is -0.311 e. The Bertz CT molecular complexity index is 2220. The van der Waals surface area contributed by atoms with Gasteiger partial charge in [0.05, 0.1) is 11.6 Å². The van der Waals surface area contributed by atoms with Crippen LogP contribution < -0.4 is 14.7 Å². The summed E-state index contributed by atoms with van der Waals surface area (Å²) >= 11 is 0. The first-order valence-electron chi connectivity index (χ1n) is 17.7. The van der Waals surface area contributed by atoms with E-state index in [-0.39, 0.29) is 0 Å². The number of rotatable bonds is 10. The fraction of sp³-hybridized carbons (Fsp3) is 0. The Morgan fingerprint density at radius 1 is 0.264 bits per heavy atom. The second kappa shape index (κ2) is 15.3. The highest BCUT2D eigenvalue weighted by Crippen LogP contribution is 2.41. The molecular weight excluding hydrogens is 645 g/mol. The molecule has 252 valence electrons.